The fourth-order valence-electron chi connectivity index (χ4n) is 1.80. The van der Waals surface area contributed by atoms with Crippen molar-refractivity contribution in [2.24, 2.45) is 0 Å². The van der Waals surface area contributed by atoms with Crippen LogP contribution in [0, 0.1) is 6.92 Å². The summed E-state index contributed by atoms with van der Waals surface area (Å²) in [6.07, 6.45) is 0. The number of amides is 2. The number of hydrogen-bond donors (Lipinski definition) is 1. The van der Waals surface area contributed by atoms with Crippen LogP contribution < -0.4 is 5.32 Å². The zero-order chi connectivity index (χ0) is 11.7. The second-order valence-electron chi connectivity index (χ2n) is 4.03. The summed E-state index contributed by atoms with van der Waals surface area (Å²) in [7, 11) is 0. The Morgan fingerprint density at radius 2 is 2.38 bits per heavy atom. The number of Topliss-reactive ketones (excluding diaryl/α,β-unsaturated/α-hetero) is 1. The van der Waals surface area contributed by atoms with Gasteiger partial charge in [-0.25, -0.2) is 4.79 Å². The molecule has 0 bridgehead atoms. The Hall–Kier alpha value is -1.78. The van der Waals surface area contributed by atoms with Gasteiger partial charge in [0.25, 0.3) is 0 Å². The molecule has 0 saturated carbocycles. The number of urea groups is 1. The smallest absolute Gasteiger partial charge is 0.318 e. The number of aryl methyl sites for hydroxylation is 1. The molecule has 2 rings (SSSR count). The standard InChI is InChI=1S/C11H14N2O3/c1-7(14)5-13-6-9(12-11(13)15)10-4-3-8(2)16-10/h3-4,9H,5-6H2,1-2H3,(H,12,15). The van der Waals surface area contributed by atoms with Gasteiger partial charge in [-0.2, -0.15) is 0 Å². The molecule has 2 amide bonds. The van der Waals surface area contributed by atoms with Crippen molar-refractivity contribution >= 4 is 11.8 Å². The molecule has 1 fully saturated rings. The van der Waals surface area contributed by atoms with Crippen LogP contribution in [-0.2, 0) is 4.79 Å². The molecule has 1 aromatic rings. The summed E-state index contributed by atoms with van der Waals surface area (Å²) in [4.78, 5) is 24.0. The molecule has 0 radical (unpaired) electrons. The Morgan fingerprint density at radius 1 is 1.62 bits per heavy atom. The fourth-order valence-corrected chi connectivity index (χ4v) is 1.80. The number of rotatable bonds is 3. The summed E-state index contributed by atoms with van der Waals surface area (Å²) in [6, 6.07) is 3.34. The zero-order valence-corrected chi connectivity index (χ0v) is 9.32. The van der Waals surface area contributed by atoms with Crippen molar-refractivity contribution in [3.63, 3.8) is 0 Å². The first-order valence-electron chi connectivity index (χ1n) is 5.17. The molecule has 5 heteroatoms. The maximum Gasteiger partial charge on any atom is 0.318 e. The van der Waals surface area contributed by atoms with Crippen molar-refractivity contribution in [3.05, 3.63) is 23.7 Å². The molecule has 1 aromatic heterocycles. The van der Waals surface area contributed by atoms with Crippen LogP contribution in [0.1, 0.15) is 24.5 Å². The Balaban J connectivity index is 2.06. The van der Waals surface area contributed by atoms with E-state index in [0.717, 1.165) is 11.5 Å². The van der Waals surface area contributed by atoms with E-state index in [0.29, 0.717) is 6.54 Å². The van der Waals surface area contributed by atoms with E-state index < -0.39 is 0 Å². The van der Waals surface area contributed by atoms with E-state index in [4.69, 9.17) is 4.42 Å². The van der Waals surface area contributed by atoms with E-state index in [9.17, 15) is 9.59 Å². The van der Waals surface area contributed by atoms with Gasteiger partial charge in [-0.15, -0.1) is 0 Å². The minimum absolute atomic E-state index is 0.0218. The van der Waals surface area contributed by atoms with Gasteiger partial charge in [0.2, 0.25) is 0 Å². The molecule has 1 saturated heterocycles. The maximum absolute atomic E-state index is 11.5. The molecule has 1 aliphatic heterocycles. The van der Waals surface area contributed by atoms with Crippen molar-refractivity contribution in [1.82, 2.24) is 10.2 Å². The molecule has 1 N–H and O–H groups in total. The first-order valence-corrected chi connectivity index (χ1v) is 5.17. The van der Waals surface area contributed by atoms with Gasteiger partial charge in [0.1, 0.15) is 23.3 Å². The van der Waals surface area contributed by atoms with Gasteiger partial charge in [-0.05, 0) is 26.0 Å². The number of carbonyl (C=O) groups is 2. The monoisotopic (exact) mass is 222 g/mol. The van der Waals surface area contributed by atoms with Crippen molar-refractivity contribution < 1.29 is 14.0 Å². The Morgan fingerprint density at radius 3 is 2.94 bits per heavy atom. The van der Waals surface area contributed by atoms with Gasteiger partial charge < -0.3 is 14.6 Å². The predicted molar refractivity (Wildman–Crippen MR) is 57.0 cm³/mol. The number of ketones is 1. The first kappa shape index (κ1) is 10.7. The summed E-state index contributed by atoms with van der Waals surface area (Å²) in [5.74, 6) is 1.53. The lowest BCUT2D eigenvalue weighted by Crippen LogP contribution is -2.32. The summed E-state index contributed by atoms with van der Waals surface area (Å²) in [5.41, 5.74) is 0. The summed E-state index contributed by atoms with van der Waals surface area (Å²) in [5, 5.41) is 2.78. The van der Waals surface area contributed by atoms with Crippen molar-refractivity contribution in [3.8, 4) is 0 Å². The number of nitrogens with zero attached hydrogens (tertiary/aromatic N) is 1. The van der Waals surface area contributed by atoms with E-state index >= 15 is 0 Å². The normalized spacial score (nSPS) is 20.0. The first-order chi connectivity index (χ1) is 7.56. The SMILES string of the molecule is CC(=O)CN1CC(c2ccc(C)o2)NC1=O. The zero-order valence-electron chi connectivity index (χ0n) is 9.32. The molecular formula is C11H14N2O3. The highest BCUT2D eigenvalue weighted by Gasteiger charge is 2.31. The van der Waals surface area contributed by atoms with Crippen molar-refractivity contribution in [2.75, 3.05) is 13.1 Å². The minimum Gasteiger partial charge on any atom is -0.464 e. The maximum atomic E-state index is 11.5. The molecule has 1 atom stereocenters. The summed E-state index contributed by atoms with van der Waals surface area (Å²) >= 11 is 0. The number of carbonyl (C=O) groups excluding carboxylic acids is 2. The van der Waals surface area contributed by atoms with E-state index in [1.165, 1.54) is 11.8 Å². The highest BCUT2D eigenvalue weighted by atomic mass is 16.3. The fraction of sp³-hybridized carbons (Fsp3) is 0.455. The molecule has 86 valence electrons. The van der Waals surface area contributed by atoms with E-state index in [-0.39, 0.29) is 24.4 Å². The molecular weight excluding hydrogens is 208 g/mol. The number of hydrogen-bond acceptors (Lipinski definition) is 3. The number of furan rings is 1. The van der Waals surface area contributed by atoms with Crippen LogP contribution in [0.5, 0.6) is 0 Å². The summed E-state index contributed by atoms with van der Waals surface area (Å²) in [6.45, 7) is 3.96. The predicted octanol–water partition coefficient (Wildman–Crippen LogP) is 1.24. The van der Waals surface area contributed by atoms with Crippen molar-refractivity contribution in [2.45, 2.75) is 19.9 Å². The average molecular weight is 222 g/mol. The van der Waals surface area contributed by atoms with Crippen molar-refractivity contribution in [1.29, 1.82) is 0 Å². The topological polar surface area (TPSA) is 62.6 Å². The van der Waals surface area contributed by atoms with E-state index in [1.54, 1.807) is 0 Å². The van der Waals surface area contributed by atoms with Crippen LogP contribution in [0.4, 0.5) is 4.79 Å². The lowest BCUT2D eigenvalue weighted by atomic mass is 10.2. The largest absolute Gasteiger partial charge is 0.464 e. The lowest BCUT2D eigenvalue weighted by molar-refractivity contribution is -0.117. The Bertz CT molecular complexity index is 425. The third-order valence-electron chi connectivity index (χ3n) is 2.51. The van der Waals surface area contributed by atoms with Gasteiger partial charge >= 0.3 is 6.03 Å². The Kier molecular flexibility index (Phi) is 2.68. The van der Waals surface area contributed by atoms with Gasteiger partial charge in [0.15, 0.2) is 0 Å². The minimum atomic E-state index is -0.214. The number of nitrogens with one attached hydrogen (secondary N) is 1. The molecule has 0 aromatic carbocycles. The van der Waals surface area contributed by atoms with Crippen LogP contribution in [0.25, 0.3) is 0 Å². The molecule has 0 aliphatic carbocycles. The van der Waals surface area contributed by atoms with Gasteiger partial charge in [-0.1, -0.05) is 0 Å². The van der Waals surface area contributed by atoms with Crippen LogP contribution >= 0.6 is 0 Å². The van der Waals surface area contributed by atoms with Crippen LogP contribution in [0.15, 0.2) is 16.5 Å². The Labute approximate surface area is 93.4 Å². The molecule has 1 unspecified atom stereocenters. The van der Waals surface area contributed by atoms with Gasteiger partial charge in [0.05, 0.1) is 13.1 Å². The second-order valence-corrected chi connectivity index (χ2v) is 4.03. The van der Waals surface area contributed by atoms with Crippen LogP contribution in [0.2, 0.25) is 0 Å². The molecule has 16 heavy (non-hydrogen) atoms. The highest BCUT2D eigenvalue weighted by Crippen LogP contribution is 2.21. The third kappa shape index (κ3) is 2.08. The van der Waals surface area contributed by atoms with E-state index in [1.807, 2.05) is 19.1 Å². The van der Waals surface area contributed by atoms with Gasteiger partial charge in [-0.3, -0.25) is 4.79 Å². The quantitative estimate of drug-likeness (QED) is 0.837. The molecule has 0 spiro atoms. The van der Waals surface area contributed by atoms with E-state index in [2.05, 4.69) is 5.32 Å². The lowest BCUT2D eigenvalue weighted by Gasteiger charge is -2.11. The van der Waals surface area contributed by atoms with Crippen LogP contribution in [0.3, 0.4) is 0 Å². The average Bonchev–Trinajstić information content (AvgIpc) is 2.74. The summed E-state index contributed by atoms with van der Waals surface area (Å²) < 4.78 is 5.44. The molecule has 2 heterocycles. The molecule has 5 nitrogen and oxygen atoms in total. The molecule has 1 aliphatic rings. The van der Waals surface area contributed by atoms with Gasteiger partial charge in [0, 0.05) is 0 Å². The second kappa shape index (κ2) is 4.00. The van der Waals surface area contributed by atoms with Crippen LogP contribution in [-0.4, -0.2) is 29.8 Å². The third-order valence-corrected chi connectivity index (χ3v) is 2.51. The highest BCUT2D eigenvalue weighted by molar-refractivity contribution is 5.85.